The van der Waals surface area contributed by atoms with Gasteiger partial charge in [-0.15, -0.1) is 0 Å². The first kappa shape index (κ1) is 11.5. The minimum Gasteiger partial charge on any atom is -0.399 e. The minimum atomic E-state index is 0.793. The molecule has 2 nitrogen and oxygen atoms in total. The summed E-state index contributed by atoms with van der Waals surface area (Å²) < 4.78 is 0. The molecule has 2 heteroatoms. The van der Waals surface area contributed by atoms with Crippen molar-refractivity contribution in [3.8, 4) is 0 Å². The molecular weight excluding hydrogens is 208 g/mol. The molecule has 0 aliphatic heterocycles. The summed E-state index contributed by atoms with van der Waals surface area (Å²) in [5, 5.41) is 3.43. The SMILES string of the molecule is CCc1ccccc1Nc1cc(C)cc(N)c1. The highest BCUT2D eigenvalue weighted by molar-refractivity contribution is 5.67. The van der Waals surface area contributed by atoms with Gasteiger partial charge >= 0.3 is 0 Å². The summed E-state index contributed by atoms with van der Waals surface area (Å²) in [5.74, 6) is 0. The van der Waals surface area contributed by atoms with Crippen molar-refractivity contribution >= 4 is 17.1 Å². The molecule has 0 fully saturated rings. The van der Waals surface area contributed by atoms with Gasteiger partial charge in [-0.25, -0.2) is 0 Å². The largest absolute Gasteiger partial charge is 0.399 e. The van der Waals surface area contributed by atoms with Gasteiger partial charge in [0.05, 0.1) is 0 Å². The lowest BCUT2D eigenvalue weighted by atomic mass is 10.1. The third-order valence-electron chi connectivity index (χ3n) is 2.78. The minimum absolute atomic E-state index is 0.793. The number of benzene rings is 2. The van der Waals surface area contributed by atoms with Crippen molar-refractivity contribution in [1.82, 2.24) is 0 Å². The quantitative estimate of drug-likeness (QED) is 0.779. The van der Waals surface area contributed by atoms with E-state index < -0.39 is 0 Å². The molecule has 0 heterocycles. The van der Waals surface area contributed by atoms with E-state index in [9.17, 15) is 0 Å². The summed E-state index contributed by atoms with van der Waals surface area (Å²) in [7, 11) is 0. The standard InChI is InChI=1S/C15H18N2/c1-3-12-6-4-5-7-15(12)17-14-9-11(2)8-13(16)10-14/h4-10,17H,3,16H2,1-2H3. The molecule has 0 bridgehead atoms. The summed E-state index contributed by atoms with van der Waals surface area (Å²) in [6, 6.07) is 14.4. The number of nitrogen functional groups attached to an aromatic ring is 1. The summed E-state index contributed by atoms with van der Waals surface area (Å²) >= 11 is 0. The average molecular weight is 226 g/mol. The highest BCUT2D eigenvalue weighted by Crippen LogP contribution is 2.23. The second kappa shape index (κ2) is 4.91. The number of rotatable bonds is 3. The molecule has 88 valence electrons. The monoisotopic (exact) mass is 226 g/mol. The Morgan fingerprint density at radius 3 is 2.59 bits per heavy atom. The zero-order valence-electron chi connectivity index (χ0n) is 10.3. The molecule has 2 rings (SSSR count). The Labute approximate surface area is 102 Å². The van der Waals surface area contributed by atoms with Crippen molar-refractivity contribution in [3.63, 3.8) is 0 Å². The summed E-state index contributed by atoms with van der Waals surface area (Å²) in [4.78, 5) is 0. The molecule has 0 atom stereocenters. The molecule has 0 radical (unpaired) electrons. The van der Waals surface area contributed by atoms with Crippen LogP contribution in [0.2, 0.25) is 0 Å². The van der Waals surface area contributed by atoms with Crippen LogP contribution in [0.1, 0.15) is 18.1 Å². The van der Waals surface area contributed by atoms with Crippen LogP contribution in [0.4, 0.5) is 17.1 Å². The van der Waals surface area contributed by atoms with Crippen molar-refractivity contribution in [2.24, 2.45) is 0 Å². The molecule has 2 aromatic carbocycles. The van der Waals surface area contributed by atoms with Crippen LogP contribution in [0.25, 0.3) is 0 Å². The molecule has 3 N–H and O–H groups in total. The summed E-state index contributed by atoms with van der Waals surface area (Å²) in [6.07, 6.45) is 1.02. The Morgan fingerprint density at radius 1 is 1.12 bits per heavy atom. The number of nitrogens with two attached hydrogens (primary N) is 1. The fourth-order valence-electron chi connectivity index (χ4n) is 1.99. The summed E-state index contributed by atoms with van der Waals surface area (Å²) in [5.41, 5.74) is 11.3. The van der Waals surface area contributed by atoms with Crippen molar-refractivity contribution in [2.75, 3.05) is 11.1 Å². The highest BCUT2D eigenvalue weighted by Gasteiger charge is 2.01. The van der Waals surface area contributed by atoms with E-state index in [1.807, 2.05) is 25.1 Å². The van der Waals surface area contributed by atoms with Crippen LogP contribution in [0.3, 0.4) is 0 Å². The Bertz CT molecular complexity index is 498. The Balaban J connectivity index is 2.31. The predicted octanol–water partition coefficient (Wildman–Crippen LogP) is 3.88. The molecular formula is C15H18N2. The molecule has 0 aromatic heterocycles. The molecule has 17 heavy (non-hydrogen) atoms. The lowest BCUT2D eigenvalue weighted by molar-refractivity contribution is 1.14. The van der Waals surface area contributed by atoms with Gasteiger partial charge in [0.1, 0.15) is 0 Å². The maximum absolute atomic E-state index is 5.84. The topological polar surface area (TPSA) is 38.0 Å². The van der Waals surface area contributed by atoms with Gasteiger partial charge in [0.15, 0.2) is 0 Å². The molecule has 0 spiro atoms. The van der Waals surface area contributed by atoms with Gasteiger partial charge in [0.2, 0.25) is 0 Å². The highest BCUT2D eigenvalue weighted by atomic mass is 14.9. The van der Waals surface area contributed by atoms with Gasteiger partial charge in [0, 0.05) is 17.1 Å². The van der Waals surface area contributed by atoms with E-state index in [0.717, 1.165) is 23.5 Å². The van der Waals surface area contributed by atoms with Crippen LogP contribution in [0, 0.1) is 6.92 Å². The van der Waals surface area contributed by atoms with E-state index in [0.29, 0.717) is 0 Å². The van der Waals surface area contributed by atoms with Crippen molar-refractivity contribution < 1.29 is 0 Å². The van der Waals surface area contributed by atoms with Crippen molar-refractivity contribution in [3.05, 3.63) is 53.6 Å². The molecule has 0 aliphatic rings. The Kier molecular flexibility index (Phi) is 3.33. The van der Waals surface area contributed by atoms with Crippen LogP contribution in [0.5, 0.6) is 0 Å². The van der Waals surface area contributed by atoms with Gasteiger partial charge < -0.3 is 11.1 Å². The smallest absolute Gasteiger partial charge is 0.0416 e. The van der Waals surface area contributed by atoms with Crippen LogP contribution in [-0.4, -0.2) is 0 Å². The number of nitrogens with one attached hydrogen (secondary N) is 1. The Morgan fingerprint density at radius 2 is 1.88 bits per heavy atom. The number of hydrogen-bond donors (Lipinski definition) is 2. The third-order valence-corrected chi connectivity index (χ3v) is 2.78. The molecule has 2 aromatic rings. The van der Waals surface area contributed by atoms with Gasteiger partial charge in [-0.3, -0.25) is 0 Å². The first-order valence-electron chi connectivity index (χ1n) is 5.91. The number of anilines is 3. The third kappa shape index (κ3) is 2.78. The van der Waals surface area contributed by atoms with E-state index in [2.05, 4.69) is 36.5 Å². The normalized spacial score (nSPS) is 10.2. The number of para-hydroxylation sites is 1. The fraction of sp³-hybridized carbons (Fsp3) is 0.200. The number of aryl methyl sites for hydroxylation is 2. The molecule has 0 saturated carbocycles. The summed E-state index contributed by atoms with van der Waals surface area (Å²) in [6.45, 7) is 4.21. The molecule has 0 amide bonds. The van der Waals surface area contributed by atoms with Gasteiger partial charge in [-0.2, -0.15) is 0 Å². The fourth-order valence-corrected chi connectivity index (χ4v) is 1.99. The first-order chi connectivity index (χ1) is 8.19. The van der Waals surface area contributed by atoms with E-state index in [-0.39, 0.29) is 0 Å². The van der Waals surface area contributed by atoms with Crippen molar-refractivity contribution in [1.29, 1.82) is 0 Å². The predicted molar refractivity (Wildman–Crippen MR) is 74.7 cm³/mol. The van der Waals surface area contributed by atoms with E-state index in [4.69, 9.17) is 5.73 Å². The zero-order valence-corrected chi connectivity index (χ0v) is 10.3. The van der Waals surface area contributed by atoms with Crippen LogP contribution in [-0.2, 0) is 6.42 Å². The average Bonchev–Trinajstić information content (AvgIpc) is 2.28. The van der Waals surface area contributed by atoms with Crippen LogP contribution in [0.15, 0.2) is 42.5 Å². The van der Waals surface area contributed by atoms with E-state index >= 15 is 0 Å². The maximum atomic E-state index is 5.84. The number of hydrogen-bond acceptors (Lipinski definition) is 2. The van der Waals surface area contributed by atoms with Gasteiger partial charge in [0.25, 0.3) is 0 Å². The van der Waals surface area contributed by atoms with Crippen LogP contribution < -0.4 is 11.1 Å². The molecule has 0 unspecified atom stereocenters. The maximum Gasteiger partial charge on any atom is 0.0416 e. The second-order valence-electron chi connectivity index (χ2n) is 4.27. The lowest BCUT2D eigenvalue weighted by Gasteiger charge is -2.12. The van der Waals surface area contributed by atoms with E-state index in [1.54, 1.807) is 0 Å². The first-order valence-corrected chi connectivity index (χ1v) is 5.91. The second-order valence-corrected chi connectivity index (χ2v) is 4.27. The zero-order chi connectivity index (χ0) is 12.3. The van der Waals surface area contributed by atoms with Gasteiger partial charge in [-0.05, 0) is 48.7 Å². The van der Waals surface area contributed by atoms with Gasteiger partial charge in [-0.1, -0.05) is 25.1 Å². The Hall–Kier alpha value is -1.96. The van der Waals surface area contributed by atoms with Crippen LogP contribution >= 0.6 is 0 Å². The molecule has 0 aliphatic carbocycles. The molecule has 0 saturated heterocycles. The lowest BCUT2D eigenvalue weighted by Crippen LogP contribution is -1.96. The van der Waals surface area contributed by atoms with E-state index in [1.165, 1.54) is 11.1 Å². The van der Waals surface area contributed by atoms with Crippen molar-refractivity contribution in [2.45, 2.75) is 20.3 Å².